The minimum atomic E-state index is 0.262. The molecule has 1 aromatic rings. The van der Waals surface area contributed by atoms with E-state index >= 15 is 0 Å². The van der Waals surface area contributed by atoms with Gasteiger partial charge in [-0.15, -0.1) is 0 Å². The van der Waals surface area contributed by atoms with Gasteiger partial charge in [-0.05, 0) is 68.3 Å². The third-order valence-electron chi connectivity index (χ3n) is 2.26. The minimum absolute atomic E-state index is 0.262. The Kier molecular flexibility index (Phi) is 5.30. The van der Waals surface area contributed by atoms with Gasteiger partial charge < -0.3 is 5.73 Å². The van der Waals surface area contributed by atoms with Crippen molar-refractivity contribution in [1.29, 1.82) is 0 Å². The van der Waals surface area contributed by atoms with E-state index in [4.69, 9.17) is 5.73 Å². The summed E-state index contributed by atoms with van der Waals surface area (Å²) in [5.41, 5.74) is 7.36. The topological polar surface area (TPSA) is 26.0 Å². The standard InChI is InChI=1S/C12H17Br2N/c1-8(2)5-10(15)6-9-3-4-11(13)12(14)7-9/h3-4,7-8,10H,5-6,15H2,1-2H3. The van der Waals surface area contributed by atoms with Crippen LogP contribution in [-0.4, -0.2) is 6.04 Å². The number of hydrogen-bond acceptors (Lipinski definition) is 1. The van der Waals surface area contributed by atoms with E-state index in [2.05, 4.69) is 63.9 Å². The highest BCUT2D eigenvalue weighted by Crippen LogP contribution is 2.24. The maximum Gasteiger partial charge on any atom is 0.0320 e. The second kappa shape index (κ2) is 6.02. The van der Waals surface area contributed by atoms with E-state index in [1.165, 1.54) is 5.56 Å². The first-order chi connectivity index (χ1) is 6.99. The van der Waals surface area contributed by atoms with E-state index in [9.17, 15) is 0 Å². The fourth-order valence-electron chi connectivity index (χ4n) is 1.66. The fraction of sp³-hybridized carbons (Fsp3) is 0.500. The summed E-state index contributed by atoms with van der Waals surface area (Å²) in [5.74, 6) is 0.666. The average Bonchev–Trinajstić information content (AvgIpc) is 2.10. The van der Waals surface area contributed by atoms with E-state index < -0.39 is 0 Å². The van der Waals surface area contributed by atoms with Gasteiger partial charge in [-0.2, -0.15) is 0 Å². The Morgan fingerprint density at radius 3 is 2.40 bits per heavy atom. The molecule has 84 valence electrons. The second-order valence-corrected chi connectivity index (χ2v) is 6.05. The van der Waals surface area contributed by atoms with Crippen LogP contribution >= 0.6 is 31.9 Å². The van der Waals surface area contributed by atoms with Crippen molar-refractivity contribution in [3.63, 3.8) is 0 Å². The molecule has 0 heterocycles. The van der Waals surface area contributed by atoms with Gasteiger partial charge in [0.1, 0.15) is 0 Å². The Balaban J connectivity index is 2.60. The molecule has 1 atom stereocenters. The van der Waals surface area contributed by atoms with Crippen molar-refractivity contribution < 1.29 is 0 Å². The predicted molar refractivity (Wildman–Crippen MR) is 73.0 cm³/mol. The van der Waals surface area contributed by atoms with Gasteiger partial charge in [-0.1, -0.05) is 19.9 Å². The van der Waals surface area contributed by atoms with Crippen LogP contribution in [0.2, 0.25) is 0 Å². The highest BCUT2D eigenvalue weighted by atomic mass is 79.9. The van der Waals surface area contributed by atoms with Gasteiger partial charge in [0, 0.05) is 15.0 Å². The normalized spacial score (nSPS) is 13.2. The molecular weight excluding hydrogens is 318 g/mol. The van der Waals surface area contributed by atoms with E-state index in [-0.39, 0.29) is 6.04 Å². The Labute approximate surface area is 109 Å². The van der Waals surface area contributed by atoms with E-state index in [1.807, 2.05) is 0 Å². The molecule has 0 aliphatic rings. The number of benzene rings is 1. The van der Waals surface area contributed by atoms with Crippen molar-refractivity contribution in [2.75, 3.05) is 0 Å². The lowest BCUT2D eigenvalue weighted by Crippen LogP contribution is -2.24. The lowest BCUT2D eigenvalue weighted by Gasteiger charge is -2.14. The van der Waals surface area contributed by atoms with Crippen LogP contribution in [0.4, 0.5) is 0 Å². The van der Waals surface area contributed by atoms with Crippen LogP contribution in [0, 0.1) is 5.92 Å². The van der Waals surface area contributed by atoms with Gasteiger partial charge in [0.05, 0.1) is 0 Å². The molecule has 1 rings (SSSR count). The first-order valence-corrected chi connectivity index (χ1v) is 6.77. The molecule has 3 heteroatoms. The molecule has 1 unspecified atom stereocenters. The Morgan fingerprint density at radius 1 is 1.20 bits per heavy atom. The van der Waals surface area contributed by atoms with Crippen molar-refractivity contribution in [2.24, 2.45) is 11.7 Å². The van der Waals surface area contributed by atoms with Gasteiger partial charge in [0.25, 0.3) is 0 Å². The first kappa shape index (κ1) is 13.2. The summed E-state index contributed by atoms with van der Waals surface area (Å²) in [6, 6.07) is 6.57. The third kappa shape index (κ3) is 4.66. The Bertz CT molecular complexity index is 323. The first-order valence-electron chi connectivity index (χ1n) is 5.18. The maximum absolute atomic E-state index is 6.07. The summed E-state index contributed by atoms with van der Waals surface area (Å²) < 4.78 is 2.18. The van der Waals surface area contributed by atoms with Crippen LogP contribution in [0.5, 0.6) is 0 Å². The molecule has 0 bridgehead atoms. The average molecular weight is 335 g/mol. The van der Waals surface area contributed by atoms with Gasteiger partial charge >= 0.3 is 0 Å². The number of rotatable bonds is 4. The van der Waals surface area contributed by atoms with Crippen LogP contribution in [0.15, 0.2) is 27.1 Å². The zero-order chi connectivity index (χ0) is 11.4. The summed E-state index contributed by atoms with van der Waals surface area (Å²) in [7, 11) is 0. The molecule has 0 saturated carbocycles. The third-order valence-corrected chi connectivity index (χ3v) is 4.14. The van der Waals surface area contributed by atoms with Crippen LogP contribution in [0.3, 0.4) is 0 Å². The summed E-state index contributed by atoms with van der Waals surface area (Å²) >= 11 is 6.96. The smallest absolute Gasteiger partial charge is 0.0320 e. The zero-order valence-corrected chi connectivity index (χ0v) is 12.3. The van der Waals surface area contributed by atoms with Crippen molar-refractivity contribution in [2.45, 2.75) is 32.7 Å². The van der Waals surface area contributed by atoms with E-state index in [0.29, 0.717) is 5.92 Å². The molecule has 0 spiro atoms. The van der Waals surface area contributed by atoms with Crippen LogP contribution in [0.25, 0.3) is 0 Å². The number of hydrogen-bond donors (Lipinski definition) is 1. The van der Waals surface area contributed by atoms with Crippen LogP contribution < -0.4 is 5.73 Å². The quantitative estimate of drug-likeness (QED) is 0.880. The lowest BCUT2D eigenvalue weighted by atomic mass is 9.98. The number of halogens is 2. The van der Waals surface area contributed by atoms with E-state index in [0.717, 1.165) is 21.8 Å². The van der Waals surface area contributed by atoms with Crippen LogP contribution in [-0.2, 0) is 6.42 Å². The van der Waals surface area contributed by atoms with Crippen molar-refractivity contribution in [3.8, 4) is 0 Å². The molecule has 1 aromatic carbocycles. The molecule has 2 N–H and O–H groups in total. The highest BCUT2D eigenvalue weighted by molar-refractivity contribution is 9.13. The lowest BCUT2D eigenvalue weighted by molar-refractivity contribution is 0.493. The number of nitrogens with two attached hydrogens (primary N) is 1. The molecular formula is C12H17Br2N. The van der Waals surface area contributed by atoms with Crippen LogP contribution in [0.1, 0.15) is 25.8 Å². The van der Waals surface area contributed by atoms with Gasteiger partial charge in [0.2, 0.25) is 0 Å². The molecule has 0 aliphatic carbocycles. The largest absolute Gasteiger partial charge is 0.327 e. The highest BCUT2D eigenvalue weighted by Gasteiger charge is 2.07. The Morgan fingerprint density at radius 2 is 1.87 bits per heavy atom. The minimum Gasteiger partial charge on any atom is -0.327 e. The molecule has 15 heavy (non-hydrogen) atoms. The van der Waals surface area contributed by atoms with Crippen molar-refractivity contribution in [1.82, 2.24) is 0 Å². The summed E-state index contributed by atoms with van der Waals surface area (Å²) in [6.07, 6.45) is 2.03. The maximum atomic E-state index is 6.07. The molecule has 0 amide bonds. The summed E-state index contributed by atoms with van der Waals surface area (Å²) in [6.45, 7) is 4.41. The summed E-state index contributed by atoms with van der Waals surface area (Å²) in [4.78, 5) is 0. The van der Waals surface area contributed by atoms with E-state index in [1.54, 1.807) is 0 Å². The van der Waals surface area contributed by atoms with Crippen molar-refractivity contribution in [3.05, 3.63) is 32.7 Å². The second-order valence-electron chi connectivity index (χ2n) is 4.34. The molecule has 0 fully saturated rings. The summed E-state index contributed by atoms with van der Waals surface area (Å²) in [5, 5.41) is 0. The molecule has 0 aliphatic heterocycles. The molecule has 0 radical (unpaired) electrons. The zero-order valence-electron chi connectivity index (χ0n) is 9.13. The monoisotopic (exact) mass is 333 g/mol. The van der Waals surface area contributed by atoms with Gasteiger partial charge in [0.15, 0.2) is 0 Å². The van der Waals surface area contributed by atoms with Gasteiger partial charge in [-0.3, -0.25) is 0 Å². The van der Waals surface area contributed by atoms with Crippen molar-refractivity contribution >= 4 is 31.9 Å². The molecule has 0 aromatic heterocycles. The molecule has 0 saturated heterocycles. The fourth-order valence-corrected chi connectivity index (χ4v) is 2.33. The van der Waals surface area contributed by atoms with Gasteiger partial charge in [-0.25, -0.2) is 0 Å². The predicted octanol–water partition coefficient (Wildman–Crippen LogP) is 4.13. The molecule has 1 nitrogen and oxygen atoms in total. The Hall–Kier alpha value is 0.140. The SMILES string of the molecule is CC(C)CC(N)Cc1ccc(Br)c(Br)c1.